The number of urea groups is 1. The van der Waals surface area contributed by atoms with Gasteiger partial charge in [-0.15, -0.1) is 0 Å². The van der Waals surface area contributed by atoms with E-state index in [0.717, 1.165) is 36.8 Å². The van der Waals surface area contributed by atoms with E-state index >= 15 is 0 Å². The van der Waals surface area contributed by atoms with E-state index in [-0.39, 0.29) is 23.9 Å². The molecule has 3 N–H and O–H groups in total. The molecule has 3 rings (SSSR count). The van der Waals surface area contributed by atoms with Crippen LogP contribution in [-0.4, -0.2) is 54.0 Å². The summed E-state index contributed by atoms with van der Waals surface area (Å²) in [7, 11) is 0. The van der Waals surface area contributed by atoms with Crippen molar-refractivity contribution in [1.82, 2.24) is 20.9 Å². The molecule has 31 heavy (non-hydrogen) atoms. The number of benzene rings is 1. The van der Waals surface area contributed by atoms with E-state index in [0.29, 0.717) is 25.6 Å². The molecule has 0 aromatic heterocycles. The number of piperidine rings is 1. The lowest BCUT2D eigenvalue weighted by Crippen LogP contribution is -2.54. The first-order valence-electron chi connectivity index (χ1n) is 11.6. The van der Waals surface area contributed by atoms with Crippen LogP contribution in [0.1, 0.15) is 63.0 Å². The molecule has 1 aliphatic carbocycles. The molecule has 2 fully saturated rings. The lowest BCUT2D eigenvalue weighted by molar-refractivity contribution is -0.128. The Morgan fingerprint density at radius 3 is 2.16 bits per heavy atom. The number of rotatable bonds is 6. The highest BCUT2D eigenvalue weighted by Gasteiger charge is 2.28. The number of amides is 4. The Morgan fingerprint density at radius 2 is 1.55 bits per heavy atom. The van der Waals surface area contributed by atoms with Crippen LogP contribution in [-0.2, 0) is 16.0 Å². The molecule has 1 aromatic carbocycles. The fourth-order valence-corrected chi connectivity index (χ4v) is 4.46. The summed E-state index contributed by atoms with van der Waals surface area (Å²) in [6, 6.07) is 7.72. The van der Waals surface area contributed by atoms with Gasteiger partial charge in [0.15, 0.2) is 0 Å². The predicted octanol–water partition coefficient (Wildman–Crippen LogP) is 2.67. The summed E-state index contributed by atoms with van der Waals surface area (Å²) in [6.07, 6.45) is 7.69. The van der Waals surface area contributed by atoms with Gasteiger partial charge in [0.25, 0.3) is 0 Å². The smallest absolute Gasteiger partial charge is 0.317 e. The van der Waals surface area contributed by atoms with E-state index in [1.54, 1.807) is 0 Å². The molecule has 1 atom stereocenters. The normalized spacial score (nSPS) is 18.8. The SMILES string of the molecule is CC(=O)NC(Cc1ccc(C)cc1)C(=O)NC1CCN(C(=O)NC2CCCCC2)CC1. The number of carbonyl (C=O) groups is 3. The average molecular weight is 429 g/mol. The zero-order valence-electron chi connectivity index (χ0n) is 18.8. The minimum absolute atomic E-state index is 0.0144. The molecule has 0 bridgehead atoms. The van der Waals surface area contributed by atoms with Crippen molar-refractivity contribution >= 4 is 17.8 Å². The van der Waals surface area contributed by atoms with Crippen molar-refractivity contribution < 1.29 is 14.4 Å². The Kier molecular flexibility index (Phi) is 8.32. The minimum atomic E-state index is -0.604. The second-order valence-electron chi connectivity index (χ2n) is 9.00. The molecule has 0 spiro atoms. The highest BCUT2D eigenvalue weighted by molar-refractivity contribution is 5.87. The molecular weight excluding hydrogens is 392 g/mol. The third kappa shape index (κ3) is 7.26. The maximum Gasteiger partial charge on any atom is 0.317 e. The van der Waals surface area contributed by atoms with Crippen molar-refractivity contribution in [2.24, 2.45) is 0 Å². The van der Waals surface area contributed by atoms with Crippen LogP contribution in [0.3, 0.4) is 0 Å². The molecule has 0 radical (unpaired) electrons. The molecule has 1 saturated heterocycles. The van der Waals surface area contributed by atoms with Gasteiger partial charge in [-0.3, -0.25) is 9.59 Å². The number of carbonyl (C=O) groups excluding carboxylic acids is 3. The Hall–Kier alpha value is -2.57. The number of nitrogens with one attached hydrogen (secondary N) is 3. The van der Waals surface area contributed by atoms with Crippen molar-refractivity contribution in [2.45, 2.75) is 83.3 Å². The Labute approximate surface area is 185 Å². The number of nitrogens with zero attached hydrogens (tertiary/aromatic N) is 1. The zero-order chi connectivity index (χ0) is 22.2. The number of aryl methyl sites for hydroxylation is 1. The molecule has 1 unspecified atom stereocenters. The molecule has 1 aromatic rings. The predicted molar refractivity (Wildman–Crippen MR) is 121 cm³/mol. The molecular formula is C24H36N4O3. The Morgan fingerprint density at radius 1 is 0.935 bits per heavy atom. The van der Waals surface area contributed by atoms with Gasteiger partial charge in [0, 0.05) is 38.5 Å². The molecule has 1 saturated carbocycles. The van der Waals surface area contributed by atoms with E-state index in [9.17, 15) is 14.4 Å². The van der Waals surface area contributed by atoms with Gasteiger partial charge in [0.2, 0.25) is 11.8 Å². The van der Waals surface area contributed by atoms with E-state index in [4.69, 9.17) is 0 Å². The van der Waals surface area contributed by atoms with Gasteiger partial charge in [-0.2, -0.15) is 0 Å². The first-order valence-corrected chi connectivity index (χ1v) is 11.6. The van der Waals surface area contributed by atoms with Crippen LogP contribution in [0.2, 0.25) is 0 Å². The van der Waals surface area contributed by atoms with Gasteiger partial charge in [0.1, 0.15) is 6.04 Å². The quantitative estimate of drug-likeness (QED) is 0.651. The molecule has 4 amide bonds. The van der Waals surface area contributed by atoms with Crippen LogP contribution in [0.5, 0.6) is 0 Å². The second kappa shape index (κ2) is 11.2. The Balaban J connectivity index is 1.47. The fraction of sp³-hybridized carbons (Fsp3) is 0.625. The molecule has 170 valence electrons. The zero-order valence-corrected chi connectivity index (χ0v) is 18.8. The third-order valence-corrected chi connectivity index (χ3v) is 6.32. The Bertz CT molecular complexity index is 751. The first kappa shape index (κ1) is 23.1. The van der Waals surface area contributed by atoms with Gasteiger partial charge in [0.05, 0.1) is 0 Å². The van der Waals surface area contributed by atoms with Crippen LogP contribution in [0.4, 0.5) is 4.79 Å². The van der Waals surface area contributed by atoms with E-state index in [2.05, 4.69) is 16.0 Å². The number of hydrogen-bond donors (Lipinski definition) is 3. The maximum atomic E-state index is 12.9. The summed E-state index contributed by atoms with van der Waals surface area (Å²) >= 11 is 0. The summed E-state index contributed by atoms with van der Waals surface area (Å²) < 4.78 is 0. The van der Waals surface area contributed by atoms with Gasteiger partial charge < -0.3 is 20.9 Å². The summed E-state index contributed by atoms with van der Waals surface area (Å²) in [4.78, 5) is 38.9. The molecule has 1 aliphatic heterocycles. The van der Waals surface area contributed by atoms with Crippen LogP contribution >= 0.6 is 0 Å². The van der Waals surface area contributed by atoms with Crippen molar-refractivity contribution in [2.75, 3.05) is 13.1 Å². The van der Waals surface area contributed by atoms with Gasteiger partial charge in [-0.25, -0.2) is 4.79 Å². The molecule has 2 aliphatic rings. The maximum absolute atomic E-state index is 12.9. The van der Waals surface area contributed by atoms with Crippen LogP contribution in [0, 0.1) is 6.92 Å². The monoisotopic (exact) mass is 428 g/mol. The first-order chi connectivity index (χ1) is 14.9. The van der Waals surface area contributed by atoms with Crippen molar-refractivity contribution in [3.63, 3.8) is 0 Å². The molecule has 7 nitrogen and oxygen atoms in total. The lowest BCUT2D eigenvalue weighted by atomic mass is 9.95. The fourth-order valence-electron chi connectivity index (χ4n) is 4.46. The van der Waals surface area contributed by atoms with Gasteiger partial charge >= 0.3 is 6.03 Å². The number of hydrogen-bond acceptors (Lipinski definition) is 3. The molecule has 7 heteroatoms. The number of likely N-dealkylation sites (tertiary alicyclic amines) is 1. The van der Waals surface area contributed by atoms with Crippen molar-refractivity contribution in [3.8, 4) is 0 Å². The largest absolute Gasteiger partial charge is 0.351 e. The van der Waals surface area contributed by atoms with Crippen LogP contribution < -0.4 is 16.0 Å². The summed E-state index contributed by atoms with van der Waals surface area (Å²) in [6.45, 7) is 4.71. The van der Waals surface area contributed by atoms with E-state index in [1.807, 2.05) is 36.1 Å². The van der Waals surface area contributed by atoms with Crippen LogP contribution in [0.25, 0.3) is 0 Å². The van der Waals surface area contributed by atoms with Crippen molar-refractivity contribution in [1.29, 1.82) is 0 Å². The van der Waals surface area contributed by atoms with Gasteiger partial charge in [-0.1, -0.05) is 49.1 Å². The average Bonchev–Trinajstić information content (AvgIpc) is 2.75. The standard InChI is InChI=1S/C24H36N4O3/c1-17-8-10-19(11-9-17)16-22(25-18(2)29)23(30)26-21-12-14-28(15-13-21)24(31)27-20-6-4-3-5-7-20/h8-11,20-22H,3-7,12-16H2,1-2H3,(H,25,29)(H,26,30)(H,27,31). The summed E-state index contributed by atoms with van der Waals surface area (Å²) in [5.74, 6) is -0.387. The highest BCUT2D eigenvalue weighted by Crippen LogP contribution is 2.18. The topological polar surface area (TPSA) is 90.5 Å². The highest BCUT2D eigenvalue weighted by atomic mass is 16.2. The summed E-state index contributed by atoms with van der Waals surface area (Å²) in [5, 5.41) is 9.03. The van der Waals surface area contributed by atoms with E-state index in [1.165, 1.54) is 26.2 Å². The van der Waals surface area contributed by atoms with Gasteiger partial charge in [-0.05, 0) is 38.2 Å². The van der Waals surface area contributed by atoms with E-state index < -0.39 is 6.04 Å². The third-order valence-electron chi connectivity index (χ3n) is 6.32. The lowest BCUT2D eigenvalue weighted by Gasteiger charge is -2.34. The summed E-state index contributed by atoms with van der Waals surface area (Å²) in [5.41, 5.74) is 2.16. The second-order valence-corrected chi connectivity index (χ2v) is 9.00. The minimum Gasteiger partial charge on any atom is -0.351 e. The van der Waals surface area contributed by atoms with Crippen molar-refractivity contribution in [3.05, 3.63) is 35.4 Å². The molecule has 1 heterocycles. The van der Waals surface area contributed by atoms with Crippen LogP contribution in [0.15, 0.2) is 24.3 Å².